The van der Waals surface area contributed by atoms with E-state index < -0.39 is 54.0 Å². The summed E-state index contributed by atoms with van der Waals surface area (Å²) in [5, 5.41) is 5.92. The van der Waals surface area contributed by atoms with Crippen LogP contribution in [0.3, 0.4) is 0 Å². The van der Waals surface area contributed by atoms with E-state index in [9.17, 15) is 40.3 Å². The Labute approximate surface area is 241 Å². The number of ether oxygens (including phenoxy) is 1. The zero-order valence-corrected chi connectivity index (χ0v) is 23.0. The number of nitrogens with one attached hydrogen (secondary N) is 3. The van der Waals surface area contributed by atoms with Gasteiger partial charge in [-0.1, -0.05) is 47.5 Å². The van der Waals surface area contributed by atoms with E-state index >= 15 is 0 Å². The summed E-state index contributed by atoms with van der Waals surface area (Å²) in [5.74, 6) is -7.90. The van der Waals surface area contributed by atoms with Crippen molar-refractivity contribution in [3.8, 4) is 5.75 Å². The molecule has 3 rings (SSSR count). The molecule has 0 aliphatic rings. The maximum Gasteiger partial charge on any atom is 0.461 e. The molecule has 0 saturated heterocycles. The minimum Gasteiger partial charge on any atom is -0.428 e. The third-order valence-electron chi connectivity index (χ3n) is 5.42. The Morgan fingerprint density at radius 2 is 1.62 bits per heavy atom. The van der Waals surface area contributed by atoms with E-state index in [1.165, 1.54) is 17.7 Å². The topological polar surface area (TPSA) is 92.4 Å². The van der Waals surface area contributed by atoms with Crippen molar-refractivity contribution in [2.45, 2.75) is 44.4 Å². The van der Waals surface area contributed by atoms with Crippen LogP contribution in [-0.4, -0.2) is 48.5 Å². The van der Waals surface area contributed by atoms with Crippen LogP contribution < -0.4 is 20.7 Å². The van der Waals surface area contributed by atoms with Crippen LogP contribution in [0.5, 0.6) is 5.75 Å². The van der Waals surface area contributed by atoms with Crippen molar-refractivity contribution in [3.05, 3.63) is 94.5 Å². The number of carbonyl (C=O) groups excluding carboxylic acids is 2. The molecule has 0 saturated carbocycles. The Morgan fingerprint density at radius 3 is 2.12 bits per heavy atom. The van der Waals surface area contributed by atoms with Crippen molar-refractivity contribution in [2.24, 2.45) is 0 Å². The van der Waals surface area contributed by atoms with Crippen LogP contribution in [0.25, 0.3) is 0 Å². The van der Waals surface area contributed by atoms with Gasteiger partial charge in [-0.2, -0.15) is 26.3 Å². The summed E-state index contributed by atoms with van der Waals surface area (Å²) in [5.41, 5.74) is 0.940. The van der Waals surface area contributed by atoms with Gasteiger partial charge in [-0.05, 0) is 43.7 Å². The molecule has 15 heteroatoms. The molecule has 0 fully saturated rings. The summed E-state index contributed by atoms with van der Waals surface area (Å²) < 4.78 is 97.8. The van der Waals surface area contributed by atoms with Crippen LogP contribution in [0.2, 0.25) is 5.02 Å². The van der Waals surface area contributed by atoms with Gasteiger partial charge < -0.3 is 20.7 Å². The molecule has 7 nitrogen and oxygen atoms in total. The van der Waals surface area contributed by atoms with Crippen molar-refractivity contribution in [2.75, 3.05) is 7.05 Å². The number of rotatable bonds is 9. The van der Waals surface area contributed by atoms with Crippen molar-refractivity contribution >= 4 is 23.5 Å². The molecule has 1 heterocycles. The minimum atomic E-state index is -4.95. The van der Waals surface area contributed by atoms with Gasteiger partial charge in [-0.3, -0.25) is 9.78 Å². The number of carbonyl (C=O) groups is 2. The Hall–Kier alpha value is -4.07. The van der Waals surface area contributed by atoms with Crippen molar-refractivity contribution < 1.29 is 45.1 Å². The molecule has 0 radical (unpaired) electrons. The Balaban J connectivity index is 0.000000766. The number of alkyl halides is 6. The number of pyridine rings is 1. The maximum absolute atomic E-state index is 14.1. The van der Waals surface area contributed by atoms with Crippen LogP contribution in [-0.2, 0) is 4.79 Å². The molecule has 0 spiro atoms. The SMILES string of the molecule is CNC(=O)C(F)(F)C(C)NC(=O)N[C@@H](c1cc(F)cc(OC(F)(F)C(F)F)c1)c1ccc(Cl)cn1.Cc1ccccc1. The summed E-state index contributed by atoms with van der Waals surface area (Å²) in [6, 6.07) is 9.90. The lowest BCUT2D eigenvalue weighted by Gasteiger charge is -2.25. The number of aromatic nitrogens is 1. The van der Waals surface area contributed by atoms with E-state index in [2.05, 4.69) is 34.1 Å². The second-order valence-corrected chi connectivity index (χ2v) is 9.15. The normalized spacial score (nSPS) is 12.9. The third-order valence-corrected chi connectivity index (χ3v) is 5.64. The first-order chi connectivity index (χ1) is 19.6. The molecular weight excluding hydrogens is 597 g/mol. The number of benzene rings is 2. The average Bonchev–Trinajstić information content (AvgIpc) is 2.91. The van der Waals surface area contributed by atoms with E-state index in [0.717, 1.165) is 32.3 Å². The summed E-state index contributed by atoms with van der Waals surface area (Å²) in [6.07, 6.45) is -8.06. The first-order valence-electron chi connectivity index (χ1n) is 12.0. The number of hydrogen-bond acceptors (Lipinski definition) is 4. The lowest BCUT2D eigenvalue weighted by molar-refractivity contribution is -0.253. The van der Waals surface area contributed by atoms with Crippen molar-refractivity contribution in [1.29, 1.82) is 0 Å². The highest BCUT2D eigenvalue weighted by Crippen LogP contribution is 2.31. The molecule has 3 amide bonds. The first-order valence-corrected chi connectivity index (χ1v) is 12.4. The minimum absolute atomic E-state index is 0.0626. The lowest BCUT2D eigenvalue weighted by Crippen LogP contribution is -2.55. The van der Waals surface area contributed by atoms with Gasteiger partial charge >= 0.3 is 24.5 Å². The number of amides is 3. The van der Waals surface area contributed by atoms with E-state index in [0.29, 0.717) is 6.07 Å². The fourth-order valence-corrected chi connectivity index (χ4v) is 3.37. The lowest BCUT2D eigenvalue weighted by atomic mass is 10.0. The highest BCUT2D eigenvalue weighted by atomic mass is 35.5. The zero-order valence-electron chi connectivity index (χ0n) is 22.3. The molecule has 2 atom stereocenters. The maximum atomic E-state index is 14.1. The van der Waals surface area contributed by atoms with Gasteiger partial charge in [0.15, 0.2) is 0 Å². The Morgan fingerprint density at radius 1 is 0.976 bits per heavy atom. The summed E-state index contributed by atoms with van der Waals surface area (Å²) >= 11 is 5.77. The van der Waals surface area contributed by atoms with Crippen molar-refractivity contribution in [1.82, 2.24) is 20.9 Å². The van der Waals surface area contributed by atoms with E-state index in [-0.39, 0.29) is 16.3 Å². The fourth-order valence-electron chi connectivity index (χ4n) is 3.26. The molecule has 3 N–H and O–H groups in total. The van der Waals surface area contributed by atoms with Gasteiger partial charge in [-0.15, -0.1) is 0 Å². The zero-order chi connectivity index (χ0) is 31.7. The number of nitrogens with zero attached hydrogens (tertiary/aromatic N) is 1. The van der Waals surface area contributed by atoms with Crippen LogP contribution >= 0.6 is 11.6 Å². The second-order valence-electron chi connectivity index (χ2n) is 8.72. The quantitative estimate of drug-likeness (QED) is 0.246. The molecule has 3 aromatic rings. The molecular formula is C27H26ClF7N4O3. The number of halogens is 8. The van der Waals surface area contributed by atoms with Gasteiger partial charge in [0.05, 0.1) is 16.8 Å². The van der Waals surface area contributed by atoms with Crippen LogP contribution in [0.15, 0.2) is 66.9 Å². The molecule has 0 aliphatic carbocycles. The predicted octanol–water partition coefficient (Wildman–Crippen LogP) is 6.26. The van der Waals surface area contributed by atoms with Gasteiger partial charge in [0, 0.05) is 19.3 Å². The molecule has 0 aliphatic heterocycles. The highest BCUT2D eigenvalue weighted by Gasteiger charge is 2.45. The monoisotopic (exact) mass is 622 g/mol. The van der Waals surface area contributed by atoms with Crippen LogP contribution in [0.1, 0.15) is 29.8 Å². The third kappa shape index (κ3) is 9.79. The molecule has 228 valence electrons. The van der Waals surface area contributed by atoms with Crippen LogP contribution in [0, 0.1) is 12.7 Å². The van der Waals surface area contributed by atoms with Gasteiger partial charge in [0.1, 0.15) is 17.6 Å². The Bertz CT molecular complexity index is 1330. The molecule has 0 bridgehead atoms. The molecule has 1 aromatic heterocycles. The second kappa shape index (κ2) is 14.7. The first kappa shape index (κ1) is 34.1. The smallest absolute Gasteiger partial charge is 0.428 e. The summed E-state index contributed by atoms with van der Waals surface area (Å²) in [4.78, 5) is 27.7. The number of aryl methyl sites for hydroxylation is 1. The Kier molecular flexibility index (Phi) is 12.0. The molecule has 2 aromatic carbocycles. The average molecular weight is 623 g/mol. The predicted molar refractivity (Wildman–Crippen MR) is 140 cm³/mol. The summed E-state index contributed by atoms with van der Waals surface area (Å²) in [7, 11) is 0.965. The molecule has 1 unspecified atom stereocenters. The van der Waals surface area contributed by atoms with Gasteiger partial charge in [0.2, 0.25) is 0 Å². The van der Waals surface area contributed by atoms with E-state index in [4.69, 9.17) is 11.6 Å². The fraction of sp³-hybridized carbons (Fsp3) is 0.296. The number of urea groups is 1. The van der Waals surface area contributed by atoms with Gasteiger partial charge in [-0.25, -0.2) is 9.18 Å². The largest absolute Gasteiger partial charge is 0.461 e. The standard InChI is InChI=1S/C20H18ClF7N4O3.C7H8/c1-9(19(25,26)17(33)29-2)31-18(34)32-15(14-4-3-11(21)8-30-14)10-5-12(22)7-13(6-10)35-20(27,28)16(23)24;1-7-5-3-2-4-6-7/h3-9,15-16H,1-2H3,(H,29,33)(H2,31,32,34);2-6H,1H3/t9?,15-;/m0./s1. The summed E-state index contributed by atoms with van der Waals surface area (Å²) in [6.45, 7) is 2.92. The van der Waals surface area contributed by atoms with Crippen molar-refractivity contribution in [3.63, 3.8) is 0 Å². The van der Waals surface area contributed by atoms with Gasteiger partial charge in [0.25, 0.3) is 5.91 Å². The van der Waals surface area contributed by atoms with E-state index in [1.807, 2.05) is 23.5 Å². The highest BCUT2D eigenvalue weighted by molar-refractivity contribution is 6.30. The van der Waals surface area contributed by atoms with E-state index in [1.54, 1.807) is 5.32 Å². The van der Waals surface area contributed by atoms with Crippen LogP contribution in [0.4, 0.5) is 35.5 Å². The molecule has 42 heavy (non-hydrogen) atoms. The number of hydrogen-bond donors (Lipinski definition) is 3.